The molecule has 88 valence electrons. The molecule has 2 heterocycles. The van der Waals surface area contributed by atoms with E-state index in [2.05, 4.69) is 54.9 Å². The molecule has 0 atom stereocenters. The van der Waals surface area contributed by atoms with Crippen LogP contribution in [0.4, 0.5) is 0 Å². The fourth-order valence-corrected chi connectivity index (χ4v) is 1.28. The van der Waals surface area contributed by atoms with Gasteiger partial charge in [0.1, 0.15) is 0 Å². The molecule has 2 aromatic heterocycles. The molecule has 0 aliphatic rings. The Morgan fingerprint density at radius 3 is 2.00 bits per heavy atom. The number of hydrogen-bond acceptors (Lipinski definition) is 1. The molecule has 2 rings (SSSR count). The predicted molar refractivity (Wildman–Crippen MR) is 67.5 cm³/mol. The first-order valence-corrected chi connectivity index (χ1v) is 5.73. The molecule has 0 radical (unpaired) electrons. The predicted octanol–water partition coefficient (Wildman–Crippen LogP) is 3.60. The van der Waals surface area contributed by atoms with Crippen molar-refractivity contribution >= 4 is 0 Å². The SMILES string of the molecule is CC(C)c1ccn[nH]1.CC(C)n1cccc1. The minimum atomic E-state index is 0.567. The molecule has 0 aliphatic carbocycles. The number of H-pyrrole nitrogens is 1. The zero-order chi connectivity index (χ0) is 12.0. The monoisotopic (exact) mass is 219 g/mol. The van der Waals surface area contributed by atoms with E-state index in [1.54, 1.807) is 6.20 Å². The smallest absolute Gasteiger partial charge is 0.0490 e. The van der Waals surface area contributed by atoms with Crippen LogP contribution in [0.1, 0.15) is 45.3 Å². The van der Waals surface area contributed by atoms with Crippen LogP contribution in [-0.4, -0.2) is 14.8 Å². The van der Waals surface area contributed by atoms with Gasteiger partial charge >= 0.3 is 0 Å². The van der Waals surface area contributed by atoms with Crippen molar-refractivity contribution in [3.05, 3.63) is 42.5 Å². The molecule has 16 heavy (non-hydrogen) atoms. The Balaban J connectivity index is 0.000000160. The van der Waals surface area contributed by atoms with Crippen molar-refractivity contribution in [3.63, 3.8) is 0 Å². The van der Waals surface area contributed by atoms with Crippen LogP contribution in [0.2, 0.25) is 0 Å². The van der Waals surface area contributed by atoms with Gasteiger partial charge in [-0.15, -0.1) is 0 Å². The maximum Gasteiger partial charge on any atom is 0.0490 e. The van der Waals surface area contributed by atoms with Crippen molar-refractivity contribution in [2.24, 2.45) is 0 Å². The average molecular weight is 219 g/mol. The fourth-order valence-electron chi connectivity index (χ4n) is 1.28. The lowest BCUT2D eigenvalue weighted by Gasteiger charge is -2.03. The summed E-state index contributed by atoms with van der Waals surface area (Å²) >= 11 is 0. The highest BCUT2D eigenvalue weighted by molar-refractivity contribution is 5.01. The van der Waals surface area contributed by atoms with Crippen LogP contribution in [0.25, 0.3) is 0 Å². The molecule has 2 aromatic rings. The van der Waals surface area contributed by atoms with Gasteiger partial charge < -0.3 is 4.57 Å². The molecular formula is C13H21N3. The van der Waals surface area contributed by atoms with Crippen LogP contribution in [0.5, 0.6) is 0 Å². The molecule has 0 aliphatic heterocycles. The summed E-state index contributed by atoms with van der Waals surface area (Å²) in [4.78, 5) is 0. The quantitative estimate of drug-likeness (QED) is 0.822. The molecule has 0 unspecified atom stereocenters. The van der Waals surface area contributed by atoms with Crippen LogP contribution in [0.15, 0.2) is 36.8 Å². The molecule has 0 fully saturated rings. The molecule has 1 N–H and O–H groups in total. The van der Waals surface area contributed by atoms with Gasteiger partial charge in [0.05, 0.1) is 0 Å². The molecule has 0 saturated heterocycles. The van der Waals surface area contributed by atoms with Gasteiger partial charge in [0, 0.05) is 30.3 Å². The van der Waals surface area contributed by atoms with E-state index >= 15 is 0 Å². The van der Waals surface area contributed by atoms with Gasteiger partial charge in [-0.1, -0.05) is 13.8 Å². The van der Waals surface area contributed by atoms with Crippen molar-refractivity contribution in [3.8, 4) is 0 Å². The van der Waals surface area contributed by atoms with Gasteiger partial charge in [0.25, 0.3) is 0 Å². The van der Waals surface area contributed by atoms with E-state index in [-0.39, 0.29) is 0 Å². The van der Waals surface area contributed by atoms with E-state index in [1.165, 1.54) is 5.69 Å². The van der Waals surface area contributed by atoms with Crippen LogP contribution >= 0.6 is 0 Å². The number of rotatable bonds is 2. The zero-order valence-electron chi connectivity index (χ0n) is 10.5. The maximum atomic E-state index is 3.82. The highest BCUT2D eigenvalue weighted by Crippen LogP contribution is 2.07. The summed E-state index contributed by atoms with van der Waals surface area (Å²) in [7, 11) is 0. The van der Waals surface area contributed by atoms with Crippen LogP contribution in [0.3, 0.4) is 0 Å². The van der Waals surface area contributed by atoms with Crippen molar-refractivity contribution < 1.29 is 0 Å². The Hall–Kier alpha value is -1.51. The third kappa shape index (κ3) is 3.93. The molecule has 3 heteroatoms. The summed E-state index contributed by atoms with van der Waals surface area (Å²) < 4.78 is 2.17. The second-order valence-corrected chi connectivity index (χ2v) is 4.39. The van der Waals surface area contributed by atoms with E-state index in [4.69, 9.17) is 0 Å². The molecule has 0 saturated carbocycles. The lowest BCUT2D eigenvalue weighted by molar-refractivity contribution is 0.604. The van der Waals surface area contributed by atoms with E-state index in [0.717, 1.165) is 0 Å². The van der Waals surface area contributed by atoms with Crippen molar-refractivity contribution in [2.75, 3.05) is 0 Å². The number of aromatic nitrogens is 3. The van der Waals surface area contributed by atoms with Crippen molar-refractivity contribution in [2.45, 2.75) is 39.7 Å². The summed E-state index contributed by atoms with van der Waals surface area (Å²) in [6.45, 7) is 8.60. The average Bonchev–Trinajstić information content (AvgIpc) is 2.93. The van der Waals surface area contributed by atoms with Crippen molar-refractivity contribution in [1.29, 1.82) is 0 Å². The molecule has 0 amide bonds. The summed E-state index contributed by atoms with van der Waals surface area (Å²) in [6, 6.07) is 6.68. The van der Waals surface area contributed by atoms with Gasteiger partial charge in [0.2, 0.25) is 0 Å². The number of nitrogens with one attached hydrogen (secondary N) is 1. The molecule has 3 nitrogen and oxygen atoms in total. The van der Waals surface area contributed by atoms with E-state index in [9.17, 15) is 0 Å². The molecular weight excluding hydrogens is 198 g/mol. The Labute approximate surface area is 97.5 Å². The third-order valence-corrected chi connectivity index (χ3v) is 2.37. The van der Waals surface area contributed by atoms with Gasteiger partial charge in [-0.05, 0) is 38.0 Å². The number of hydrogen-bond donors (Lipinski definition) is 1. The van der Waals surface area contributed by atoms with Crippen molar-refractivity contribution in [1.82, 2.24) is 14.8 Å². The zero-order valence-corrected chi connectivity index (χ0v) is 10.5. The second kappa shape index (κ2) is 6.16. The largest absolute Gasteiger partial charge is 0.352 e. The molecule has 0 spiro atoms. The summed E-state index contributed by atoms with van der Waals surface area (Å²) in [6.07, 6.45) is 5.92. The molecule has 0 bridgehead atoms. The van der Waals surface area contributed by atoms with Gasteiger partial charge in [-0.2, -0.15) is 5.10 Å². The van der Waals surface area contributed by atoms with Gasteiger partial charge in [-0.25, -0.2) is 0 Å². The normalized spacial score (nSPS) is 10.4. The van der Waals surface area contributed by atoms with Gasteiger partial charge in [0.15, 0.2) is 0 Å². The second-order valence-electron chi connectivity index (χ2n) is 4.39. The molecule has 0 aromatic carbocycles. The fraction of sp³-hybridized carbons (Fsp3) is 0.462. The minimum Gasteiger partial charge on any atom is -0.352 e. The summed E-state index contributed by atoms with van der Waals surface area (Å²) in [5, 5.41) is 6.70. The maximum absolute atomic E-state index is 3.82. The van der Waals surface area contributed by atoms with Crippen LogP contribution in [-0.2, 0) is 0 Å². The Kier molecular flexibility index (Phi) is 4.83. The van der Waals surface area contributed by atoms with E-state index < -0.39 is 0 Å². The highest BCUT2D eigenvalue weighted by atomic mass is 15.1. The Bertz CT molecular complexity index is 320. The van der Waals surface area contributed by atoms with Crippen LogP contribution < -0.4 is 0 Å². The first-order chi connectivity index (χ1) is 7.61. The number of nitrogens with zero attached hydrogens (tertiary/aromatic N) is 2. The number of aromatic amines is 1. The minimum absolute atomic E-state index is 0.567. The van der Waals surface area contributed by atoms with Crippen LogP contribution in [0, 0.1) is 0 Å². The lowest BCUT2D eigenvalue weighted by Crippen LogP contribution is -1.94. The first-order valence-electron chi connectivity index (χ1n) is 5.73. The Morgan fingerprint density at radius 1 is 1.12 bits per heavy atom. The van der Waals surface area contributed by atoms with Gasteiger partial charge in [-0.3, -0.25) is 5.10 Å². The van der Waals surface area contributed by atoms with E-state index in [1.807, 2.05) is 18.2 Å². The highest BCUT2D eigenvalue weighted by Gasteiger charge is 1.95. The third-order valence-electron chi connectivity index (χ3n) is 2.37. The Morgan fingerprint density at radius 2 is 1.75 bits per heavy atom. The van der Waals surface area contributed by atoms with E-state index in [0.29, 0.717) is 12.0 Å². The standard InChI is InChI=1S/C7H11N.C6H10N2/c1-7(2)8-5-3-4-6-8;1-5(2)6-3-4-7-8-6/h3-7H,1-2H3;3-5H,1-2H3,(H,7,8). The summed E-state index contributed by atoms with van der Waals surface area (Å²) in [5.41, 5.74) is 1.20. The lowest BCUT2D eigenvalue weighted by atomic mass is 10.1. The topological polar surface area (TPSA) is 33.6 Å². The first kappa shape index (κ1) is 12.6. The summed E-state index contributed by atoms with van der Waals surface area (Å²) in [5.74, 6) is 0.567.